The van der Waals surface area contributed by atoms with E-state index in [0.29, 0.717) is 18.3 Å². The van der Waals surface area contributed by atoms with Gasteiger partial charge in [-0.3, -0.25) is 4.99 Å². The molecule has 0 saturated heterocycles. The predicted octanol–water partition coefficient (Wildman–Crippen LogP) is 1.91. The van der Waals surface area contributed by atoms with E-state index < -0.39 is 0 Å². The minimum absolute atomic E-state index is 0.162. The van der Waals surface area contributed by atoms with E-state index in [2.05, 4.69) is 29.5 Å². The van der Waals surface area contributed by atoms with Gasteiger partial charge in [0.2, 0.25) is 0 Å². The van der Waals surface area contributed by atoms with Crippen LogP contribution in [-0.2, 0) is 6.42 Å². The second-order valence-corrected chi connectivity index (χ2v) is 4.82. The molecule has 1 aromatic carbocycles. The average Bonchev–Trinajstić information content (AvgIpc) is 2.40. The molecule has 1 rings (SSSR count). The highest BCUT2D eigenvalue weighted by atomic mass is 16.5. The third-order valence-corrected chi connectivity index (χ3v) is 2.68. The summed E-state index contributed by atoms with van der Waals surface area (Å²) in [6, 6.07) is 5.72. The lowest BCUT2D eigenvalue weighted by Crippen LogP contribution is -2.41. The number of hydrogen-bond donors (Lipinski definition) is 3. The first kappa shape index (κ1) is 16.1. The summed E-state index contributed by atoms with van der Waals surface area (Å²) in [6.07, 6.45) is 0.797. The van der Waals surface area contributed by atoms with Gasteiger partial charge in [-0.2, -0.15) is 0 Å². The molecule has 0 atom stereocenters. The van der Waals surface area contributed by atoms with Crippen LogP contribution in [0.1, 0.15) is 26.3 Å². The van der Waals surface area contributed by atoms with E-state index in [-0.39, 0.29) is 5.75 Å². The largest absolute Gasteiger partial charge is 0.504 e. The summed E-state index contributed by atoms with van der Waals surface area (Å²) in [6.45, 7) is 7.72. The van der Waals surface area contributed by atoms with E-state index in [1.54, 1.807) is 13.2 Å². The lowest BCUT2D eigenvalue weighted by molar-refractivity contribution is 0.373. The van der Waals surface area contributed by atoms with Crippen LogP contribution >= 0.6 is 0 Å². The minimum atomic E-state index is 0.162. The number of aliphatic imine (C=N–C) groups is 1. The maximum atomic E-state index is 9.55. The molecular formula is C15H25N3O2. The first-order valence-corrected chi connectivity index (χ1v) is 6.97. The molecule has 0 radical (unpaired) electrons. The molecule has 5 heteroatoms. The molecule has 1 aromatic rings. The van der Waals surface area contributed by atoms with E-state index in [9.17, 15) is 5.11 Å². The number of ether oxygens (including phenoxy) is 1. The van der Waals surface area contributed by atoms with Crippen LogP contribution in [0.5, 0.6) is 11.5 Å². The van der Waals surface area contributed by atoms with Crippen molar-refractivity contribution < 1.29 is 9.84 Å². The molecule has 3 N–H and O–H groups in total. The lowest BCUT2D eigenvalue weighted by atomic mass is 10.1. The van der Waals surface area contributed by atoms with Crippen LogP contribution in [0.25, 0.3) is 0 Å². The maximum Gasteiger partial charge on any atom is 0.191 e. The lowest BCUT2D eigenvalue weighted by Gasteiger charge is -2.14. The minimum Gasteiger partial charge on any atom is -0.504 e. The number of hydrogen-bond acceptors (Lipinski definition) is 3. The molecule has 112 valence electrons. The van der Waals surface area contributed by atoms with E-state index in [1.165, 1.54) is 0 Å². The Labute approximate surface area is 121 Å². The van der Waals surface area contributed by atoms with Gasteiger partial charge in [0.05, 0.1) is 7.11 Å². The molecule has 0 aliphatic carbocycles. The highest BCUT2D eigenvalue weighted by Crippen LogP contribution is 2.26. The fraction of sp³-hybridized carbons (Fsp3) is 0.533. The van der Waals surface area contributed by atoms with Crippen molar-refractivity contribution in [2.24, 2.45) is 4.99 Å². The molecule has 0 spiro atoms. The second kappa shape index (κ2) is 8.30. The molecule has 0 aromatic heterocycles. The van der Waals surface area contributed by atoms with E-state index in [0.717, 1.165) is 24.5 Å². The molecule has 20 heavy (non-hydrogen) atoms. The molecular weight excluding hydrogens is 254 g/mol. The molecule has 0 amide bonds. The fourth-order valence-electron chi connectivity index (χ4n) is 1.77. The van der Waals surface area contributed by atoms with Crippen LogP contribution in [-0.4, -0.2) is 37.3 Å². The van der Waals surface area contributed by atoms with Gasteiger partial charge >= 0.3 is 0 Å². The third kappa shape index (κ3) is 5.38. The summed E-state index contributed by atoms with van der Waals surface area (Å²) in [5.41, 5.74) is 1.09. The van der Waals surface area contributed by atoms with Gasteiger partial charge in [0.15, 0.2) is 17.5 Å². The number of rotatable bonds is 6. The molecule has 0 aliphatic heterocycles. The molecule has 0 bridgehead atoms. The number of benzene rings is 1. The summed E-state index contributed by atoms with van der Waals surface area (Å²) >= 11 is 0. The number of nitrogens with one attached hydrogen (secondary N) is 2. The summed E-state index contributed by atoms with van der Waals surface area (Å²) < 4.78 is 5.09. The highest BCUT2D eigenvalue weighted by molar-refractivity contribution is 5.79. The monoisotopic (exact) mass is 279 g/mol. The van der Waals surface area contributed by atoms with Crippen molar-refractivity contribution in [1.29, 1.82) is 0 Å². The van der Waals surface area contributed by atoms with E-state index in [1.807, 2.05) is 19.1 Å². The van der Waals surface area contributed by atoms with Gasteiger partial charge in [0, 0.05) is 19.1 Å². The Kier molecular flexibility index (Phi) is 6.70. The van der Waals surface area contributed by atoms with Crippen LogP contribution < -0.4 is 15.4 Å². The molecule has 0 heterocycles. The topological polar surface area (TPSA) is 65.9 Å². The van der Waals surface area contributed by atoms with Crippen molar-refractivity contribution in [1.82, 2.24) is 10.6 Å². The van der Waals surface area contributed by atoms with Gasteiger partial charge in [-0.1, -0.05) is 6.07 Å². The fourth-order valence-corrected chi connectivity index (χ4v) is 1.77. The van der Waals surface area contributed by atoms with E-state index >= 15 is 0 Å². The number of methoxy groups -OCH3 is 1. The van der Waals surface area contributed by atoms with Crippen LogP contribution in [0.2, 0.25) is 0 Å². The average molecular weight is 279 g/mol. The van der Waals surface area contributed by atoms with Crippen molar-refractivity contribution >= 4 is 5.96 Å². The summed E-state index contributed by atoms with van der Waals surface area (Å²) in [7, 11) is 1.55. The van der Waals surface area contributed by atoms with Crippen LogP contribution in [0.4, 0.5) is 0 Å². The van der Waals surface area contributed by atoms with Crippen LogP contribution in [0.15, 0.2) is 23.2 Å². The second-order valence-electron chi connectivity index (χ2n) is 4.82. The molecule has 0 saturated carbocycles. The Bertz CT molecular complexity index is 445. The standard InChI is InChI=1S/C15H25N3O2/c1-5-16-15(18-11(2)3)17-9-8-12-6-7-13(19)14(10-12)20-4/h6-7,10-11,19H,5,8-9H2,1-4H3,(H2,16,17,18). The number of phenols is 1. The zero-order valence-electron chi connectivity index (χ0n) is 12.7. The molecule has 0 fully saturated rings. The molecule has 5 nitrogen and oxygen atoms in total. The first-order chi connectivity index (χ1) is 9.56. The van der Waals surface area contributed by atoms with Crippen LogP contribution in [0, 0.1) is 0 Å². The van der Waals surface area contributed by atoms with E-state index in [4.69, 9.17) is 4.74 Å². The number of guanidine groups is 1. The van der Waals surface area contributed by atoms with Gasteiger partial charge in [0.25, 0.3) is 0 Å². The zero-order valence-corrected chi connectivity index (χ0v) is 12.7. The zero-order chi connectivity index (χ0) is 15.0. The summed E-state index contributed by atoms with van der Waals surface area (Å²) in [5.74, 6) is 1.49. The van der Waals surface area contributed by atoms with Crippen molar-refractivity contribution in [2.45, 2.75) is 33.2 Å². The van der Waals surface area contributed by atoms with Crippen molar-refractivity contribution in [3.63, 3.8) is 0 Å². The summed E-state index contributed by atoms with van der Waals surface area (Å²) in [5, 5.41) is 16.0. The smallest absolute Gasteiger partial charge is 0.191 e. The van der Waals surface area contributed by atoms with Crippen molar-refractivity contribution in [2.75, 3.05) is 20.2 Å². The van der Waals surface area contributed by atoms with Gasteiger partial charge in [-0.05, 0) is 44.9 Å². The Morgan fingerprint density at radius 1 is 1.40 bits per heavy atom. The van der Waals surface area contributed by atoms with Gasteiger partial charge in [0.1, 0.15) is 0 Å². The Hall–Kier alpha value is -1.91. The maximum absolute atomic E-state index is 9.55. The van der Waals surface area contributed by atoms with Crippen LogP contribution in [0.3, 0.4) is 0 Å². The highest BCUT2D eigenvalue weighted by Gasteiger charge is 2.03. The predicted molar refractivity (Wildman–Crippen MR) is 82.6 cm³/mol. The third-order valence-electron chi connectivity index (χ3n) is 2.68. The molecule has 0 unspecified atom stereocenters. The van der Waals surface area contributed by atoms with Crippen molar-refractivity contribution in [3.8, 4) is 11.5 Å². The Morgan fingerprint density at radius 3 is 2.75 bits per heavy atom. The normalized spacial score (nSPS) is 11.6. The number of aromatic hydroxyl groups is 1. The summed E-state index contributed by atoms with van der Waals surface area (Å²) in [4.78, 5) is 4.52. The van der Waals surface area contributed by atoms with Gasteiger partial charge < -0.3 is 20.5 Å². The first-order valence-electron chi connectivity index (χ1n) is 6.97. The SMILES string of the molecule is CCNC(=NCCc1ccc(O)c(OC)c1)NC(C)C. The van der Waals surface area contributed by atoms with Crippen molar-refractivity contribution in [3.05, 3.63) is 23.8 Å². The van der Waals surface area contributed by atoms with Gasteiger partial charge in [-0.15, -0.1) is 0 Å². The quantitative estimate of drug-likeness (QED) is 0.550. The number of phenolic OH excluding ortho intramolecular Hbond substituents is 1. The molecule has 0 aliphatic rings. The Morgan fingerprint density at radius 2 is 2.15 bits per heavy atom. The number of nitrogens with zero attached hydrogens (tertiary/aromatic N) is 1. The van der Waals surface area contributed by atoms with Gasteiger partial charge in [-0.25, -0.2) is 0 Å². The Balaban J connectivity index is 2.60.